The van der Waals surface area contributed by atoms with E-state index in [1.165, 1.54) is 6.20 Å². The molecule has 0 saturated carbocycles. The zero-order valence-electron chi connectivity index (χ0n) is 13.4. The first kappa shape index (κ1) is 14.7. The van der Waals surface area contributed by atoms with Gasteiger partial charge in [-0.3, -0.25) is 0 Å². The van der Waals surface area contributed by atoms with E-state index in [2.05, 4.69) is 10.3 Å². The van der Waals surface area contributed by atoms with E-state index in [0.717, 1.165) is 5.56 Å². The number of hydrogen-bond donors (Lipinski definition) is 1. The first-order chi connectivity index (χ1) is 11.5. The van der Waals surface area contributed by atoms with Crippen LogP contribution in [0.5, 0.6) is 5.75 Å². The highest BCUT2D eigenvalue weighted by molar-refractivity contribution is 5.84. The Bertz CT molecular complexity index is 897. The largest absolute Gasteiger partial charge is 0.603 e. The number of benzene rings is 1. The lowest BCUT2D eigenvalue weighted by Gasteiger charge is -2.38. The molecule has 8 nitrogen and oxygen atoms in total. The maximum atomic E-state index is 12.4. The minimum atomic E-state index is -0.588. The van der Waals surface area contributed by atoms with Crippen molar-refractivity contribution in [1.29, 1.82) is 0 Å². The molecule has 3 heterocycles. The highest BCUT2D eigenvalue weighted by atomic mass is 16.6. The Labute approximate surface area is 137 Å². The van der Waals surface area contributed by atoms with Crippen LogP contribution in [0, 0.1) is 5.21 Å². The normalized spacial score (nSPS) is 21.8. The SMILES string of the molecule is COC1=CN(C2=CC(C)(C)Oc3cc4nonc4cc32)[NH+]([O-])C=C1. The van der Waals surface area contributed by atoms with Gasteiger partial charge in [-0.1, -0.05) is 0 Å². The van der Waals surface area contributed by atoms with Gasteiger partial charge in [-0.25, -0.2) is 9.80 Å². The van der Waals surface area contributed by atoms with Gasteiger partial charge in [0.05, 0.1) is 7.11 Å². The first-order valence-corrected chi connectivity index (χ1v) is 7.42. The van der Waals surface area contributed by atoms with Crippen LogP contribution in [0.1, 0.15) is 19.4 Å². The Morgan fingerprint density at radius 2 is 2.00 bits per heavy atom. The van der Waals surface area contributed by atoms with Crippen LogP contribution in [0.4, 0.5) is 0 Å². The summed E-state index contributed by atoms with van der Waals surface area (Å²) in [4.78, 5) is 0. The van der Waals surface area contributed by atoms with Crippen LogP contribution in [0.25, 0.3) is 16.7 Å². The lowest BCUT2D eigenvalue weighted by atomic mass is 9.98. The van der Waals surface area contributed by atoms with Crippen LogP contribution in [0.3, 0.4) is 0 Å². The van der Waals surface area contributed by atoms with Gasteiger partial charge in [0, 0.05) is 17.7 Å². The number of ether oxygens (including phenoxy) is 2. The molecule has 0 radical (unpaired) electrons. The topological polar surface area (TPSA) is 88.1 Å². The number of rotatable bonds is 2. The molecular weight excluding hydrogens is 312 g/mol. The highest BCUT2D eigenvalue weighted by Gasteiger charge is 2.32. The average Bonchev–Trinajstić information content (AvgIpc) is 2.99. The number of methoxy groups -OCH3 is 1. The van der Waals surface area contributed by atoms with Crippen molar-refractivity contribution in [3.63, 3.8) is 0 Å². The van der Waals surface area contributed by atoms with E-state index in [-0.39, 0.29) is 5.17 Å². The number of aromatic nitrogens is 2. The molecule has 0 aliphatic carbocycles. The quantitative estimate of drug-likeness (QED) is 0.833. The number of nitrogens with zero attached hydrogens (tertiary/aromatic N) is 3. The summed E-state index contributed by atoms with van der Waals surface area (Å²) >= 11 is 0. The monoisotopic (exact) mass is 328 g/mol. The fourth-order valence-electron chi connectivity index (χ4n) is 2.79. The van der Waals surface area contributed by atoms with Crippen LogP contribution < -0.4 is 9.91 Å². The predicted octanol–water partition coefficient (Wildman–Crippen LogP) is 1.35. The fraction of sp³-hybridized carbons (Fsp3) is 0.250. The molecule has 1 unspecified atom stereocenters. The second kappa shape index (κ2) is 5.08. The van der Waals surface area contributed by atoms with Crippen LogP contribution in [0.2, 0.25) is 0 Å². The van der Waals surface area contributed by atoms with Crippen LogP contribution in [-0.4, -0.2) is 28.0 Å². The highest BCUT2D eigenvalue weighted by Crippen LogP contribution is 2.39. The van der Waals surface area contributed by atoms with E-state index in [1.807, 2.05) is 19.9 Å². The molecule has 2 aromatic rings. The summed E-state index contributed by atoms with van der Waals surface area (Å²) in [7, 11) is 1.56. The van der Waals surface area contributed by atoms with Crippen molar-refractivity contribution < 1.29 is 19.3 Å². The van der Waals surface area contributed by atoms with Gasteiger partial charge >= 0.3 is 0 Å². The lowest BCUT2D eigenvalue weighted by Crippen LogP contribution is -3.08. The van der Waals surface area contributed by atoms with Gasteiger partial charge in [-0.2, -0.15) is 5.01 Å². The van der Waals surface area contributed by atoms with Crippen molar-refractivity contribution in [3.8, 4) is 5.75 Å². The molecular formula is C16H16N4O4. The van der Waals surface area contributed by atoms with Gasteiger partial charge in [-0.05, 0) is 36.3 Å². The van der Waals surface area contributed by atoms with Crippen molar-refractivity contribution in [2.45, 2.75) is 19.4 Å². The summed E-state index contributed by atoms with van der Waals surface area (Å²) in [5.41, 5.74) is 2.06. The fourth-order valence-corrected chi connectivity index (χ4v) is 2.79. The van der Waals surface area contributed by atoms with Crippen molar-refractivity contribution in [2.24, 2.45) is 0 Å². The van der Waals surface area contributed by atoms with Gasteiger partial charge in [0.1, 0.15) is 46.2 Å². The second-order valence-electron chi connectivity index (χ2n) is 6.11. The van der Waals surface area contributed by atoms with Crippen molar-refractivity contribution in [1.82, 2.24) is 15.3 Å². The van der Waals surface area contributed by atoms with E-state index < -0.39 is 5.60 Å². The summed E-state index contributed by atoms with van der Waals surface area (Å²) < 4.78 is 16.0. The van der Waals surface area contributed by atoms with Gasteiger partial charge in [-0.15, -0.1) is 0 Å². The second-order valence-corrected chi connectivity index (χ2v) is 6.11. The number of hydroxylamine groups is 1. The van der Waals surface area contributed by atoms with E-state index in [0.29, 0.717) is 28.2 Å². The molecule has 4 rings (SSSR count). The molecule has 1 aromatic carbocycles. The lowest BCUT2D eigenvalue weighted by molar-refractivity contribution is -0.902. The molecule has 2 aliphatic heterocycles. The molecule has 0 amide bonds. The van der Waals surface area contributed by atoms with E-state index in [4.69, 9.17) is 14.1 Å². The Morgan fingerprint density at radius 1 is 1.25 bits per heavy atom. The molecule has 24 heavy (non-hydrogen) atoms. The number of fused-ring (bicyclic) bond motifs is 2. The van der Waals surface area contributed by atoms with Crippen molar-refractivity contribution in [3.05, 3.63) is 53.2 Å². The summed E-state index contributed by atoms with van der Waals surface area (Å²) in [6.45, 7) is 3.85. The molecule has 1 N–H and O–H groups in total. The van der Waals surface area contributed by atoms with Gasteiger partial charge in [0.2, 0.25) is 0 Å². The van der Waals surface area contributed by atoms with Crippen molar-refractivity contribution in [2.75, 3.05) is 7.11 Å². The number of nitrogens with one attached hydrogen (secondary N) is 1. The first-order valence-electron chi connectivity index (χ1n) is 7.42. The number of quaternary nitrogens is 1. The molecule has 0 bridgehead atoms. The standard InChI is InChI=1S/C16H16N4O4/c1-16(2)8-14(19-9-10(22-3)4-5-20(19)21)11-6-12-13(18-24-17-12)7-15(11)23-16/h4-9,20H,1-3H3. The summed E-state index contributed by atoms with van der Waals surface area (Å²) in [5.74, 6) is 1.21. The zero-order chi connectivity index (χ0) is 16.9. The minimum Gasteiger partial charge on any atom is -0.603 e. The Balaban J connectivity index is 1.89. The average molecular weight is 328 g/mol. The maximum Gasteiger partial charge on any atom is 0.145 e. The molecule has 1 aromatic heterocycles. The van der Waals surface area contributed by atoms with E-state index >= 15 is 0 Å². The van der Waals surface area contributed by atoms with E-state index in [1.54, 1.807) is 36.5 Å². The summed E-state index contributed by atoms with van der Waals surface area (Å²) in [6.07, 6.45) is 6.66. The smallest absolute Gasteiger partial charge is 0.145 e. The number of hydrogen-bond acceptors (Lipinski definition) is 7. The predicted molar refractivity (Wildman–Crippen MR) is 84.9 cm³/mol. The maximum absolute atomic E-state index is 12.4. The van der Waals surface area contributed by atoms with Crippen LogP contribution >= 0.6 is 0 Å². The van der Waals surface area contributed by atoms with Gasteiger partial charge < -0.3 is 14.7 Å². The minimum absolute atomic E-state index is 0.163. The van der Waals surface area contributed by atoms with Crippen LogP contribution in [-0.2, 0) is 4.74 Å². The third-order valence-corrected chi connectivity index (χ3v) is 3.87. The summed E-state index contributed by atoms with van der Waals surface area (Å²) in [6, 6.07) is 3.56. The molecule has 0 spiro atoms. The molecule has 0 saturated heterocycles. The van der Waals surface area contributed by atoms with Gasteiger partial charge in [0.25, 0.3) is 0 Å². The third-order valence-electron chi connectivity index (χ3n) is 3.87. The summed E-state index contributed by atoms with van der Waals surface area (Å²) in [5, 5.41) is 21.5. The third kappa shape index (κ3) is 2.32. The molecule has 0 fully saturated rings. The van der Waals surface area contributed by atoms with Crippen LogP contribution in [0.15, 0.2) is 47.1 Å². The van der Waals surface area contributed by atoms with E-state index in [9.17, 15) is 5.21 Å². The Morgan fingerprint density at radius 3 is 2.75 bits per heavy atom. The molecule has 2 aliphatic rings. The Kier molecular flexibility index (Phi) is 3.12. The van der Waals surface area contributed by atoms with Crippen molar-refractivity contribution >= 4 is 16.7 Å². The Hall–Kier alpha value is -2.84. The molecule has 8 heteroatoms. The number of allylic oxidation sites excluding steroid dienone is 1. The molecule has 1 atom stereocenters. The van der Waals surface area contributed by atoms with Gasteiger partial charge in [0.15, 0.2) is 0 Å². The molecule has 124 valence electrons. The zero-order valence-corrected chi connectivity index (χ0v) is 13.4.